The number of aryl methyl sites for hydroxylation is 1. The fourth-order valence-corrected chi connectivity index (χ4v) is 2.31. The molecule has 0 saturated heterocycles. The molecule has 0 spiro atoms. The Morgan fingerprint density at radius 1 is 1.21 bits per heavy atom. The van der Waals surface area contributed by atoms with Crippen LogP contribution in [0.3, 0.4) is 0 Å². The molecule has 19 heavy (non-hydrogen) atoms. The largest absolute Gasteiger partial charge is 0.352 e. The molecule has 0 aliphatic carbocycles. The number of hydrogen-bond acceptors (Lipinski definition) is 1. The van der Waals surface area contributed by atoms with E-state index in [1.165, 1.54) is 23.0 Å². The van der Waals surface area contributed by atoms with Gasteiger partial charge in [-0.15, -0.1) is 0 Å². The Morgan fingerprint density at radius 3 is 2.53 bits per heavy atom. The number of nitrogens with zero attached hydrogens (tertiary/aromatic N) is 1. The minimum absolute atomic E-state index is 0.172. The Morgan fingerprint density at radius 2 is 1.95 bits per heavy atom. The smallest absolute Gasteiger partial charge is 0.141 e. The van der Waals surface area contributed by atoms with Crippen molar-refractivity contribution in [2.75, 3.05) is 0 Å². The molecule has 0 unspecified atom stereocenters. The summed E-state index contributed by atoms with van der Waals surface area (Å²) >= 11 is 5.75. The van der Waals surface area contributed by atoms with Crippen molar-refractivity contribution in [1.82, 2.24) is 9.88 Å². The third kappa shape index (κ3) is 3.17. The van der Waals surface area contributed by atoms with Gasteiger partial charge in [0, 0.05) is 31.5 Å². The Hall–Kier alpha value is -1.32. The zero-order valence-electron chi connectivity index (χ0n) is 11.4. The first kappa shape index (κ1) is 14.1. The Balaban J connectivity index is 1.96. The van der Waals surface area contributed by atoms with Crippen LogP contribution in [-0.4, -0.2) is 4.57 Å². The first-order valence-electron chi connectivity index (χ1n) is 6.25. The van der Waals surface area contributed by atoms with E-state index in [1.54, 1.807) is 12.1 Å². The van der Waals surface area contributed by atoms with E-state index >= 15 is 0 Å². The molecule has 0 fully saturated rings. The molecule has 2 rings (SSSR count). The van der Waals surface area contributed by atoms with Gasteiger partial charge in [-0.25, -0.2) is 4.39 Å². The highest BCUT2D eigenvalue weighted by molar-refractivity contribution is 6.30. The maximum absolute atomic E-state index is 13.0. The highest BCUT2D eigenvalue weighted by Crippen LogP contribution is 2.16. The van der Waals surface area contributed by atoms with Crippen molar-refractivity contribution in [3.63, 3.8) is 0 Å². The van der Waals surface area contributed by atoms with Gasteiger partial charge in [-0.05, 0) is 43.2 Å². The van der Waals surface area contributed by atoms with Crippen LogP contribution in [0.25, 0.3) is 0 Å². The van der Waals surface area contributed by atoms with Crippen molar-refractivity contribution in [1.29, 1.82) is 0 Å². The second kappa shape index (κ2) is 5.76. The van der Waals surface area contributed by atoms with Crippen molar-refractivity contribution >= 4 is 11.6 Å². The predicted octanol–water partition coefficient (Wildman–Crippen LogP) is 3.72. The summed E-state index contributed by atoms with van der Waals surface area (Å²) in [6.45, 7) is 5.67. The van der Waals surface area contributed by atoms with Crippen LogP contribution in [-0.2, 0) is 20.1 Å². The predicted molar refractivity (Wildman–Crippen MR) is 76.8 cm³/mol. The van der Waals surface area contributed by atoms with E-state index in [0.717, 1.165) is 12.1 Å². The van der Waals surface area contributed by atoms with E-state index in [0.29, 0.717) is 6.54 Å². The monoisotopic (exact) mass is 280 g/mol. The minimum atomic E-state index is -0.375. The SMILES string of the molecule is Cc1cc(CNCc2ccc(F)c(Cl)c2)c(C)n1C. The van der Waals surface area contributed by atoms with Crippen molar-refractivity contribution in [3.05, 3.63) is 57.6 Å². The second-order valence-corrected chi connectivity index (χ2v) is 5.21. The molecule has 0 aliphatic heterocycles. The van der Waals surface area contributed by atoms with Gasteiger partial charge in [-0.3, -0.25) is 0 Å². The van der Waals surface area contributed by atoms with Gasteiger partial charge in [-0.1, -0.05) is 17.7 Å². The van der Waals surface area contributed by atoms with Crippen LogP contribution in [0.2, 0.25) is 5.02 Å². The van der Waals surface area contributed by atoms with E-state index in [9.17, 15) is 4.39 Å². The third-order valence-electron chi connectivity index (χ3n) is 3.51. The van der Waals surface area contributed by atoms with E-state index < -0.39 is 0 Å². The number of aromatic nitrogens is 1. The van der Waals surface area contributed by atoms with Crippen molar-refractivity contribution in [2.24, 2.45) is 7.05 Å². The van der Waals surface area contributed by atoms with Crippen LogP contribution < -0.4 is 5.32 Å². The lowest BCUT2D eigenvalue weighted by atomic mass is 10.2. The molecule has 2 nitrogen and oxygen atoms in total. The van der Waals surface area contributed by atoms with Crippen LogP contribution in [0, 0.1) is 19.7 Å². The first-order chi connectivity index (χ1) is 8.99. The number of halogens is 2. The van der Waals surface area contributed by atoms with Crippen LogP contribution in [0.4, 0.5) is 4.39 Å². The highest BCUT2D eigenvalue weighted by atomic mass is 35.5. The van der Waals surface area contributed by atoms with Crippen molar-refractivity contribution in [3.8, 4) is 0 Å². The number of nitrogens with one attached hydrogen (secondary N) is 1. The average Bonchev–Trinajstić information content (AvgIpc) is 2.62. The summed E-state index contributed by atoms with van der Waals surface area (Å²) in [6.07, 6.45) is 0. The molecule has 0 bridgehead atoms. The molecular formula is C15H18ClFN2. The van der Waals surface area contributed by atoms with E-state index in [1.807, 2.05) is 0 Å². The maximum atomic E-state index is 13.0. The van der Waals surface area contributed by atoms with Gasteiger partial charge in [0.2, 0.25) is 0 Å². The third-order valence-corrected chi connectivity index (χ3v) is 3.80. The van der Waals surface area contributed by atoms with Gasteiger partial charge in [-0.2, -0.15) is 0 Å². The quantitative estimate of drug-likeness (QED) is 0.903. The van der Waals surface area contributed by atoms with Gasteiger partial charge in [0.05, 0.1) is 5.02 Å². The van der Waals surface area contributed by atoms with Crippen LogP contribution in [0.5, 0.6) is 0 Å². The summed E-state index contributed by atoms with van der Waals surface area (Å²) in [4.78, 5) is 0. The summed E-state index contributed by atoms with van der Waals surface area (Å²) in [6, 6.07) is 6.99. The lowest BCUT2D eigenvalue weighted by molar-refractivity contribution is 0.625. The van der Waals surface area contributed by atoms with Crippen molar-refractivity contribution in [2.45, 2.75) is 26.9 Å². The van der Waals surface area contributed by atoms with Gasteiger partial charge in [0.15, 0.2) is 0 Å². The normalized spacial score (nSPS) is 11.0. The van der Waals surface area contributed by atoms with Crippen LogP contribution >= 0.6 is 11.6 Å². The zero-order valence-corrected chi connectivity index (χ0v) is 12.2. The van der Waals surface area contributed by atoms with Crippen molar-refractivity contribution < 1.29 is 4.39 Å². The highest BCUT2D eigenvalue weighted by Gasteiger charge is 2.06. The molecule has 1 aromatic heterocycles. The Kier molecular flexibility index (Phi) is 4.27. The molecule has 102 valence electrons. The van der Waals surface area contributed by atoms with Gasteiger partial charge >= 0.3 is 0 Å². The summed E-state index contributed by atoms with van der Waals surface area (Å²) in [5, 5.41) is 3.52. The molecule has 0 aliphatic rings. The van der Waals surface area contributed by atoms with Gasteiger partial charge in [0.25, 0.3) is 0 Å². The topological polar surface area (TPSA) is 17.0 Å². The number of benzene rings is 1. The molecule has 1 heterocycles. The molecule has 2 aromatic rings. The average molecular weight is 281 g/mol. The van der Waals surface area contributed by atoms with E-state index in [-0.39, 0.29) is 10.8 Å². The van der Waals surface area contributed by atoms with Gasteiger partial charge in [0.1, 0.15) is 5.82 Å². The Labute approximate surface area is 118 Å². The summed E-state index contributed by atoms with van der Waals surface area (Å²) < 4.78 is 15.2. The summed E-state index contributed by atoms with van der Waals surface area (Å²) in [7, 11) is 2.06. The number of rotatable bonds is 4. The molecule has 0 radical (unpaired) electrons. The van der Waals surface area contributed by atoms with Gasteiger partial charge < -0.3 is 9.88 Å². The van der Waals surface area contributed by atoms with E-state index in [4.69, 9.17) is 11.6 Å². The second-order valence-electron chi connectivity index (χ2n) is 4.81. The fourth-order valence-electron chi connectivity index (χ4n) is 2.10. The zero-order chi connectivity index (χ0) is 14.0. The standard InChI is InChI=1S/C15H18ClFN2/c1-10-6-13(11(2)19(10)3)9-18-8-12-4-5-15(17)14(16)7-12/h4-7,18H,8-9H2,1-3H3. The molecule has 0 atom stereocenters. The Bertz CT molecular complexity index is 590. The van der Waals surface area contributed by atoms with Crippen LogP contribution in [0.15, 0.2) is 24.3 Å². The first-order valence-corrected chi connectivity index (χ1v) is 6.63. The molecule has 4 heteroatoms. The molecular weight excluding hydrogens is 263 g/mol. The molecule has 0 amide bonds. The lowest BCUT2D eigenvalue weighted by Crippen LogP contribution is -2.13. The molecule has 1 N–H and O–H groups in total. The van der Waals surface area contributed by atoms with E-state index in [2.05, 4.69) is 36.8 Å². The minimum Gasteiger partial charge on any atom is -0.352 e. The molecule has 0 saturated carbocycles. The maximum Gasteiger partial charge on any atom is 0.141 e. The summed E-state index contributed by atoms with van der Waals surface area (Å²) in [5.41, 5.74) is 4.78. The lowest BCUT2D eigenvalue weighted by Gasteiger charge is -2.06. The summed E-state index contributed by atoms with van der Waals surface area (Å²) in [5.74, 6) is -0.375. The molecule has 1 aromatic carbocycles. The fraction of sp³-hybridized carbons (Fsp3) is 0.333. The number of hydrogen-bond donors (Lipinski definition) is 1. The van der Waals surface area contributed by atoms with Crippen LogP contribution in [0.1, 0.15) is 22.5 Å².